The lowest BCUT2D eigenvalue weighted by molar-refractivity contribution is 0.109. The standard InChI is InChI=1S/C10H15ClN2O/c11-10-4-2-1-3-8(10)6-14-7-9(13)5-12/h1-4,9H,5-7,12-13H2/t9-/m0/s1. The van der Waals surface area contributed by atoms with Crippen molar-refractivity contribution in [2.75, 3.05) is 13.2 Å². The van der Waals surface area contributed by atoms with Crippen LogP contribution in [-0.2, 0) is 11.3 Å². The molecule has 0 aromatic heterocycles. The highest BCUT2D eigenvalue weighted by Gasteiger charge is 2.01. The van der Waals surface area contributed by atoms with Gasteiger partial charge in [0.1, 0.15) is 0 Å². The molecular formula is C10H15ClN2O. The van der Waals surface area contributed by atoms with Gasteiger partial charge in [-0.2, -0.15) is 0 Å². The summed E-state index contributed by atoms with van der Waals surface area (Å²) in [5.41, 5.74) is 11.9. The second-order valence-electron chi connectivity index (χ2n) is 3.10. The summed E-state index contributed by atoms with van der Waals surface area (Å²) < 4.78 is 5.36. The maximum absolute atomic E-state index is 5.94. The zero-order valence-electron chi connectivity index (χ0n) is 7.95. The van der Waals surface area contributed by atoms with Gasteiger partial charge in [0.15, 0.2) is 0 Å². The summed E-state index contributed by atoms with van der Waals surface area (Å²) in [6, 6.07) is 7.47. The molecule has 0 amide bonds. The van der Waals surface area contributed by atoms with E-state index in [0.717, 1.165) is 5.56 Å². The average molecular weight is 215 g/mol. The third kappa shape index (κ3) is 3.64. The van der Waals surface area contributed by atoms with Crippen LogP contribution >= 0.6 is 11.6 Å². The van der Waals surface area contributed by atoms with Gasteiger partial charge in [0.05, 0.1) is 13.2 Å². The van der Waals surface area contributed by atoms with Crippen molar-refractivity contribution < 1.29 is 4.74 Å². The number of halogens is 1. The first kappa shape index (κ1) is 11.5. The fourth-order valence-electron chi connectivity index (χ4n) is 1.00. The normalized spacial score (nSPS) is 12.8. The van der Waals surface area contributed by atoms with Crippen molar-refractivity contribution in [1.82, 2.24) is 0 Å². The molecule has 14 heavy (non-hydrogen) atoms. The van der Waals surface area contributed by atoms with Crippen molar-refractivity contribution in [3.05, 3.63) is 34.9 Å². The summed E-state index contributed by atoms with van der Waals surface area (Å²) in [5, 5.41) is 0.716. The zero-order chi connectivity index (χ0) is 10.4. The Morgan fingerprint density at radius 1 is 1.36 bits per heavy atom. The summed E-state index contributed by atoms with van der Waals surface area (Å²) in [7, 11) is 0. The Balaban J connectivity index is 2.35. The lowest BCUT2D eigenvalue weighted by Gasteiger charge is -2.10. The van der Waals surface area contributed by atoms with E-state index in [9.17, 15) is 0 Å². The van der Waals surface area contributed by atoms with Crippen LogP contribution in [0.25, 0.3) is 0 Å². The van der Waals surface area contributed by atoms with Crippen molar-refractivity contribution in [2.24, 2.45) is 11.5 Å². The van der Waals surface area contributed by atoms with Crippen molar-refractivity contribution in [3.63, 3.8) is 0 Å². The molecule has 1 rings (SSSR count). The van der Waals surface area contributed by atoms with Crippen molar-refractivity contribution >= 4 is 11.6 Å². The molecular weight excluding hydrogens is 200 g/mol. The minimum absolute atomic E-state index is 0.0995. The Kier molecular flexibility index (Phi) is 4.90. The third-order valence-corrected chi connectivity index (χ3v) is 2.22. The molecule has 1 aromatic carbocycles. The molecule has 0 aliphatic heterocycles. The molecule has 4 N–H and O–H groups in total. The van der Waals surface area contributed by atoms with Gasteiger partial charge in [-0.05, 0) is 11.6 Å². The molecule has 0 fully saturated rings. The molecule has 0 bridgehead atoms. The van der Waals surface area contributed by atoms with Crippen LogP contribution in [0.3, 0.4) is 0 Å². The SMILES string of the molecule is NC[C@H](N)COCc1ccccc1Cl. The summed E-state index contributed by atoms with van der Waals surface area (Å²) in [6.07, 6.45) is 0. The largest absolute Gasteiger partial charge is 0.375 e. The van der Waals surface area contributed by atoms with E-state index in [1.807, 2.05) is 24.3 Å². The van der Waals surface area contributed by atoms with Crippen LogP contribution in [0.2, 0.25) is 5.02 Å². The van der Waals surface area contributed by atoms with Crippen LogP contribution in [0.15, 0.2) is 24.3 Å². The molecule has 1 aromatic rings. The average Bonchev–Trinajstić information content (AvgIpc) is 2.20. The van der Waals surface area contributed by atoms with Gasteiger partial charge in [0.2, 0.25) is 0 Å². The first-order valence-corrected chi connectivity index (χ1v) is 4.88. The molecule has 1 atom stereocenters. The summed E-state index contributed by atoms with van der Waals surface area (Å²) in [6.45, 7) is 1.37. The summed E-state index contributed by atoms with van der Waals surface area (Å²) >= 11 is 5.94. The van der Waals surface area contributed by atoms with Crippen molar-refractivity contribution in [1.29, 1.82) is 0 Å². The van der Waals surface area contributed by atoms with Gasteiger partial charge in [-0.1, -0.05) is 29.8 Å². The molecule has 0 saturated heterocycles. The first-order chi connectivity index (χ1) is 6.74. The van der Waals surface area contributed by atoms with E-state index in [-0.39, 0.29) is 6.04 Å². The number of rotatable bonds is 5. The molecule has 0 heterocycles. The predicted octanol–water partition coefficient (Wildman–Crippen LogP) is 1.14. The summed E-state index contributed by atoms with van der Waals surface area (Å²) in [4.78, 5) is 0. The van der Waals surface area contributed by atoms with E-state index >= 15 is 0 Å². The van der Waals surface area contributed by atoms with Gasteiger partial charge in [-0.25, -0.2) is 0 Å². The monoisotopic (exact) mass is 214 g/mol. The second-order valence-corrected chi connectivity index (χ2v) is 3.51. The fraction of sp³-hybridized carbons (Fsp3) is 0.400. The van der Waals surface area contributed by atoms with Crippen LogP contribution < -0.4 is 11.5 Å². The topological polar surface area (TPSA) is 61.3 Å². The van der Waals surface area contributed by atoms with Crippen LogP contribution in [-0.4, -0.2) is 19.2 Å². The van der Waals surface area contributed by atoms with Gasteiger partial charge < -0.3 is 16.2 Å². The molecule has 78 valence electrons. The Morgan fingerprint density at radius 3 is 2.71 bits per heavy atom. The highest BCUT2D eigenvalue weighted by Crippen LogP contribution is 2.15. The summed E-state index contributed by atoms with van der Waals surface area (Å²) in [5.74, 6) is 0. The van der Waals surface area contributed by atoms with Crippen LogP contribution in [0, 0.1) is 0 Å². The van der Waals surface area contributed by atoms with E-state index in [1.165, 1.54) is 0 Å². The van der Waals surface area contributed by atoms with E-state index < -0.39 is 0 Å². The second kappa shape index (κ2) is 5.98. The van der Waals surface area contributed by atoms with E-state index in [0.29, 0.717) is 24.8 Å². The van der Waals surface area contributed by atoms with Gasteiger partial charge >= 0.3 is 0 Å². The fourth-order valence-corrected chi connectivity index (χ4v) is 1.19. The van der Waals surface area contributed by atoms with Gasteiger partial charge in [-0.15, -0.1) is 0 Å². The molecule has 0 radical (unpaired) electrons. The Labute approximate surface area is 89.0 Å². The Hall–Kier alpha value is -0.610. The molecule has 0 saturated carbocycles. The lowest BCUT2D eigenvalue weighted by atomic mass is 10.2. The number of hydrogen-bond donors (Lipinski definition) is 2. The molecule has 0 aliphatic carbocycles. The van der Waals surface area contributed by atoms with Crippen LogP contribution in [0.4, 0.5) is 0 Å². The third-order valence-electron chi connectivity index (χ3n) is 1.85. The number of nitrogens with two attached hydrogens (primary N) is 2. The minimum atomic E-state index is -0.0995. The maximum Gasteiger partial charge on any atom is 0.0732 e. The van der Waals surface area contributed by atoms with Gasteiger partial charge in [-0.3, -0.25) is 0 Å². The van der Waals surface area contributed by atoms with Crippen LogP contribution in [0.5, 0.6) is 0 Å². The lowest BCUT2D eigenvalue weighted by Crippen LogP contribution is -2.34. The Bertz CT molecular complexity index is 281. The van der Waals surface area contributed by atoms with E-state index in [2.05, 4.69) is 0 Å². The Morgan fingerprint density at radius 2 is 2.07 bits per heavy atom. The zero-order valence-corrected chi connectivity index (χ0v) is 8.70. The molecule has 0 spiro atoms. The molecule has 0 unspecified atom stereocenters. The maximum atomic E-state index is 5.94. The van der Waals surface area contributed by atoms with E-state index in [1.54, 1.807) is 0 Å². The van der Waals surface area contributed by atoms with Gasteiger partial charge in [0.25, 0.3) is 0 Å². The van der Waals surface area contributed by atoms with Crippen molar-refractivity contribution in [2.45, 2.75) is 12.6 Å². The van der Waals surface area contributed by atoms with Gasteiger partial charge in [0, 0.05) is 17.6 Å². The van der Waals surface area contributed by atoms with Crippen molar-refractivity contribution in [3.8, 4) is 0 Å². The number of ether oxygens (including phenoxy) is 1. The number of hydrogen-bond acceptors (Lipinski definition) is 3. The van der Waals surface area contributed by atoms with Crippen LogP contribution in [0.1, 0.15) is 5.56 Å². The first-order valence-electron chi connectivity index (χ1n) is 4.51. The highest BCUT2D eigenvalue weighted by atomic mass is 35.5. The molecule has 0 aliphatic rings. The number of benzene rings is 1. The predicted molar refractivity (Wildman–Crippen MR) is 58.1 cm³/mol. The molecule has 3 nitrogen and oxygen atoms in total. The minimum Gasteiger partial charge on any atom is -0.375 e. The quantitative estimate of drug-likeness (QED) is 0.773. The highest BCUT2D eigenvalue weighted by molar-refractivity contribution is 6.31. The smallest absolute Gasteiger partial charge is 0.0732 e. The van der Waals surface area contributed by atoms with E-state index in [4.69, 9.17) is 27.8 Å². The molecule has 4 heteroatoms.